The number of nitrogens with one attached hydrogen (secondary N) is 2. The number of nitro benzene ring substituents is 1. The number of nitrogens with zero attached hydrogens (tertiary/aromatic N) is 1. The molecule has 0 bridgehead atoms. The molecule has 0 fully saturated rings. The third-order valence-electron chi connectivity index (χ3n) is 3.39. The number of ketones is 1. The lowest BCUT2D eigenvalue weighted by atomic mass is 10.1. The number of hydrogen-bond donors (Lipinski definition) is 2. The van der Waals surface area contributed by atoms with Crippen LogP contribution < -0.4 is 5.32 Å². The molecule has 0 aliphatic rings. The standard InChI is InChI=1S/C15H17N3O4/c1-2-3-4-7-16-15(20)14(19)12-9-17-13-6-5-10(18(21)22)8-11(12)13/h5-6,8-9,17H,2-4,7H2,1H3,(H,16,20). The molecular weight excluding hydrogens is 286 g/mol. The molecule has 2 N–H and O–H groups in total. The second-order valence-electron chi connectivity index (χ2n) is 4.98. The van der Waals surface area contributed by atoms with Crippen molar-refractivity contribution in [1.29, 1.82) is 0 Å². The van der Waals surface area contributed by atoms with Crippen LogP contribution in [0.4, 0.5) is 5.69 Å². The minimum atomic E-state index is -0.691. The van der Waals surface area contributed by atoms with Crippen molar-refractivity contribution in [1.82, 2.24) is 10.3 Å². The number of hydrogen-bond acceptors (Lipinski definition) is 4. The van der Waals surface area contributed by atoms with E-state index in [1.165, 1.54) is 24.4 Å². The van der Waals surface area contributed by atoms with Gasteiger partial charge in [0.05, 0.1) is 10.5 Å². The number of H-pyrrole nitrogens is 1. The number of Topliss-reactive ketones (excluding diaryl/α,β-unsaturated/α-hetero) is 1. The fourth-order valence-electron chi connectivity index (χ4n) is 2.19. The van der Waals surface area contributed by atoms with Gasteiger partial charge < -0.3 is 10.3 Å². The Morgan fingerprint density at radius 2 is 2.09 bits per heavy atom. The topological polar surface area (TPSA) is 105 Å². The van der Waals surface area contributed by atoms with Gasteiger partial charge in [0.15, 0.2) is 0 Å². The van der Waals surface area contributed by atoms with Crippen LogP contribution in [0, 0.1) is 10.1 Å². The van der Waals surface area contributed by atoms with Crippen LogP contribution in [-0.4, -0.2) is 28.1 Å². The summed E-state index contributed by atoms with van der Waals surface area (Å²) in [5.41, 5.74) is 0.601. The van der Waals surface area contributed by atoms with E-state index >= 15 is 0 Å². The van der Waals surface area contributed by atoms with Gasteiger partial charge in [-0.1, -0.05) is 19.8 Å². The summed E-state index contributed by atoms with van der Waals surface area (Å²) in [4.78, 5) is 37.1. The van der Waals surface area contributed by atoms with E-state index in [9.17, 15) is 19.7 Å². The molecule has 116 valence electrons. The molecule has 7 nitrogen and oxygen atoms in total. The lowest BCUT2D eigenvalue weighted by molar-refractivity contribution is -0.384. The van der Waals surface area contributed by atoms with Gasteiger partial charge in [-0.15, -0.1) is 0 Å². The number of nitro groups is 1. The van der Waals surface area contributed by atoms with E-state index in [4.69, 9.17) is 0 Å². The van der Waals surface area contributed by atoms with Gasteiger partial charge in [-0.25, -0.2) is 0 Å². The van der Waals surface area contributed by atoms with Gasteiger partial charge >= 0.3 is 0 Å². The van der Waals surface area contributed by atoms with Crippen molar-refractivity contribution in [2.24, 2.45) is 0 Å². The number of non-ortho nitro benzene ring substituents is 1. The number of aromatic nitrogens is 1. The summed E-state index contributed by atoms with van der Waals surface area (Å²) < 4.78 is 0. The van der Waals surface area contributed by atoms with E-state index in [-0.39, 0.29) is 11.3 Å². The second kappa shape index (κ2) is 6.84. The normalized spacial score (nSPS) is 10.6. The van der Waals surface area contributed by atoms with Crippen molar-refractivity contribution in [3.63, 3.8) is 0 Å². The van der Waals surface area contributed by atoms with Crippen LogP contribution in [0.2, 0.25) is 0 Å². The molecule has 1 aromatic carbocycles. The fraction of sp³-hybridized carbons (Fsp3) is 0.333. The van der Waals surface area contributed by atoms with E-state index < -0.39 is 16.6 Å². The Kier molecular flexibility index (Phi) is 4.88. The van der Waals surface area contributed by atoms with Gasteiger partial charge in [0.25, 0.3) is 17.4 Å². The summed E-state index contributed by atoms with van der Waals surface area (Å²) in [6.45, 7) is 2.49. The molecule has 2 rings (SSSR count). The van der Waals surface area contributed by atoms with Crippen molar-refractivity contribution >= 4 is 28.3 Å². The highest BCUT2D eigenvalue weighted by Gasteiger charge is 2.21. The molecule has 1 amide bonds. The summed E-state index contributed by atoms with van der Waals surface area (Å²) in [6, 6.07) is 4.16. The van der Waals surface area contributed by atoms with E-state index in [1.54, 1.807) is 0 Å². The van der Waals surface area contributed by atoms with Gasteiger partial charge in [0.2, 0.25) is 0 Å². The Hall–Kier alpha value is -2.70. The zero-order valence-corrected chi connectivity index (χ0v) is 12.2. The van der Waals surface area contributed by atoms with Crippen molar-refractivity contribution in [2.45, 2.75) is 26.2 Å². The molecule has 7 heteroatoms. The van der Waals surface area contributed by atoms with Crippen LogP contribution in [-0.2, 0) is 4.79 Å². The first kappa shape index (κ1) is 15.7. The highest BCUT2D eigenvalue weighted by atomic mass is 16.6. The summed E-state index contributed by atoms with van der Waals surface area (Å²) >= 11 is 0. The number of aromatic amines is 1. The monoisotopic (exact) mass is 303 g/mol. The summed E-state index contributed by atoms with van der Waals surface area (Å²) in [5, 5.41) is 13.8. The van der Waals surface area contributed by atoms with E-state index in [0.717, 1.165) is 19.3 Å². The minimum absolute atomic E-state index is 0.121. The molecule has 0 saturated heterocycles. The predicted molar refractivity (Wildman–Crippen MR) is 81.8 cm³/mol. The number of carbonyl (C=O) groups excluding carboxylic acids is 2. The summed E-state index contributed by atoms with van der Waals surface area (Å²) in [7, 11) is 0. The largest absolute Gasteiger partial charge is 0.360 e. The first-order valence-corrected chi connectivity index (χ1v) is 7.12. The van der Waals surface area contributed by atoms with Crippen LogP contribution in [0.25, 0.3) is 10.9 Å². The molecule has 0 aliphatic heterocycles. The first-order chi connectivity index (χ1) is 10.5. The Labute approximate surface area is 126 Å². The first-order valence-electron chi connectivity index (χ1n) is 7.12. The van der Waals surface area contributed by atoms with Crippen LogP contribution in [0.5, 0.6) is 0 Å². The Balaban J connectivity index is 2.18. The van der Waals surface area contributed by atoms with Crippen molar-refractivity contribution in [3.05, 3.63) is 40.1 Å². The molecule has 2 aromatic rings. The average molecular weight is 303 g/mol. The maximum Gasteiger partial charge on any atom is 0.292 e. The highest BCUT2D eigenvalue weighted by molar-refractivity contribution is 6.45. The van der Waals surface area contributed by atoms with Crippen molar-refractivity contribution in [3.8, 4) is 0 Å². The van der Waals surface area contributed by atoms with Crippen LogP contribution in [0.1, 0.15) is 36.5 Å². The average Bonchev–Trinajstić information content (AvgIpc) is 2.93. The van der Waals surface area contributed by atoms with Gasteiger partial charge in [-0.2, -0.15) is 0 Å². The molecule has 1 aromatic heterocycles. The third-order valence-corrected chi connectivity index (χ3v) is 3.39. The molecular formula is C15H17N3O4. The van der Waals surface area contributed by atoms with Crippen molar-refractivity contribution < 1.29 is 14.5 Å². The predicted octanol–water partition coefficient (Wildman–Crippen LogP) is 2.57. The SMILES string of the molecule is CCCCCNC(=O)C(=O)c1c[nH]c2ccc([N+](=O)[O-])cc12. The minimum Gasteiger partial charge on any atom is -0.360 e. The van der Waals surface area contributed by atoms with Crippen LogP contribution in [0.15, 0.2) is 24.4 Å². The molecule has 1 heterocycles. The van der Waals surface area contributed by atoms with E-state index in [1.807, 2.05) is 6.92 Å². The molecule has 22 heavy (non-hydrogen) atoms. The molecule has 0 aliphatic carbocycles. The summed E-state index contributed by atoms with van der Waals surface area (Å²) in [5.74, 6) is -1.38. The van der Waals surface area contributed by atoms with Crippen LogP contribution >= 0.6 is 0 Å². The lowest BCUT2D eigenvalue weighted by Crippen LogP contribution is -2.31. The second-order valence-corrected chi connectivity index (χ2v) is 4.98. The van der Waals surface area contributed by atoms with Gasteiger partial charge in [0.1, 0.15) is 0 Å². The number of fused-ring (bicyclic) bond motifs is 1. The highest BCUT2D eigenvalue weighted by Crippen LogP contribution is 2.24. The van der Waals surface area contributed by atoms with Crippen molar-refractivity contribution in [2.75, 3.05) is 6.54 Å². The number of benzene rings is 1. The fourth-order valence-corrected chi connectivity index (χ4v) is 2.19. The molecule has 0 unspecified atom stereocenters. The maximum atomic E-state index is 12.2. The Morgan fingerprint density at radius 3 is 2.77 bits per heavy atom. The molecule has 0 radical (unpaired) electrons. The van der Waals surface area contributed by atoms with Gasteiger partial charge in [-0.3, -0.25) is 19.7 Å². The molecule has 0 spiro atoms. The van der Waals surface area contributed by atoms with E-state index in [2.05, 4.69) is 10.3 Å². The number of carbonyl (C=O) groups is 2. The quantitative estimate of drug-likeness (QED) is 0.269. The lowest BCUT2D eigenvalue weighted by Gasteiger charge is -2.03. The van der Waals surface area contributed by atoms with Gasteiger partial charge in [-0.05, 0) is 12.5 Å². The molecule has 0 atom stereocenters. The Bertz CT molecular complexity index is 721. The third kappa shape index (κ3) is 3.30. The number of rotatable bonds is 7. The molecule has 0 saturated carbocycles. The van der Waals surface area contributed by atoms with Crippen LogP contribution in [0.3, 0.4) is 0 Å². The summed E-state index contributed by atoms with van der Waals surface area (Å²) in [6.07, 6.45) is 4.22. The van der Waals surface area contributed by atoms with Gasteiger partial charge in [0, 0.05) is 35.8 Å². The van der Waals surface area contributed by atoms with E-state index in [0.29, 0.717) is 17.4 Å². The smallest absolute Gasteiger partial charge is 0.292 e. The Morgan fingerprint density at radius 1 is 1.32 bits per heavy atom. The number of unbranched alkanes of at least 4 members (excludes halogenated alkanes) is 2. The maximum absolute atomic E-state index is 12.2. The zero-order chi connectivity index (χ0) is 16.1. The zero-order valence-electron chi connectivity index (χ0n) is 12.2. The number of amides is 1.